The first-order valence-electron chi connectivity index (χ1n) is 10.4. The van der Waals surface area contributed by atoms with Crippen LogP contribution in [0.25, 0.3) is 11.4 Å². The lowest BCUT2D eigenvalue weighted by molar-refractivity contribution is 0.0933. The molecule has 1 fully saturated rings. The Kier molecular flexibility index (Phi) is 6.32. The van der Waals surface area contributed by atoms with Crippen LogP contribution in [0.4, 0.5) is 4.39 Å². The Morgan fingerprint density at radius 2 is 1.63 bits per heavy atom. The predicted molar refractivity (Wildman–Crippen MR) is 113 cm³/mol. The maximum atomic E-state index is 13.1. The lowest BCUT2D eigenvalue weighted by Crippen LogP contribution is -2.34. The van der Waals surface area contributed by atoms with Gasteiger partial charge >= 0.3 is 0 Å². The maximum Gasteiger partial charge on any atom is 0.251 e. The van der Waals surface area contributed by atoms with Gasteiger partial charge in [0.25, 0.3) is 5.91 Å². The zero-order valence-electron chi connectivity index (χ0n) is 16.7. The molecule has 1 aliphatic carbocycles. The van der Waals surface area contributed by atoms with Crippen molar-refractivity contribution < 1.29 is 13.9 Å². The van der Waals surface area contributed by atoms with Crippen molar-refractivity contribution in [2.75, 3.05) is 0 Å². The van der Waals surface area contributed by atoms with Crippen molar-refractivity contribution in [3.05, 3.63) is 72.2 Å². The van der Waals surface area contributed by atoms with Gasteiger partial charge in [-0.2, -0.15) is 4.98 Å². The van der Waals surface area contributed by atoms with Gasteiger partial charge in [0.1, 0.15) is 11.6 Å². The second-order valence-corrected chi connectivity index (χ2v) is 7.51. The van der Waals surface area contributed by atoms with Gasteiger partial charge in [0, 0.05) is 29.4 Å². The molecule has 1 saturated carbocycles. The smallest absolute Gasteiger partial charge is 0.251 e. The third-order valence-corrected chi connectivity index (χ3v) is 5.26. The summed E-state index contributed by atoms with van der Waals surface area (Å²) in [6.07, 6.45) is 8.56. The minimum atomic E-state index is -0.311. The zero-order chi connectivity index (χ0) is 20.8. The van der Waals surface area contributed by atoms with Crippen molar-refractivity contribution in [3.63, 3.8) is 0 Å². The molecule has 0 aliphatic heterocycles. The quantitative estimate of drug-likeness (QED) is 0.567. The van der Waals surface area contributed by atoms with Crippen molar-refractivity contribution in [2.24, 2.45) is 0 Å². The third-order valence-electron chi connectivity index (χ3n) is 5.26. The lowest BCUT2D eigenvalue weighted by atomic mass is 10.1. The Morgan fingerprint density at radius 3 is 2.33 bits per heavy atom. The number of ether oxygens (including phenoxy) is 1. The lowest BCUT2D eigenvalue weighted by Gasteiger charge is -2.16. The summed E-state index contributed by atoms with van der Waals surface area (Å²) in [7, 11) is 0. The van der Waals surface area contributed by atoms with Crippen LogP contribution in [0, 0.1) is 5.82 Å². The Balaban J connectivity index is 1.40. The molecule has 2 aromatic carbocycles. The van der Waals surface area contributed by atoms with Gasteiger partial charge in [0.2, 0.25) is 5.88 Å². The molecule has 0 unspecified atom stereocenters. The number of carbonyl (C=O) groups excluding carboxylic acids is 1. The number of nitrogens with one attached hydrogen (secondary N) is 1. The van der Waals surface area contributed by atoms with Gasteiger partial charge in [-0.15, -0.1) is 0 Å². The highest BCUT2D eigenvalue weighted by atomic mass is 19.1. The summed E-state index contributed by atoms with van der Waals surface area (Å²) in [5.41, 5.74) is 1.31. The van der Waals surface area contributed by atoms with Crippen LogP contribution >= 0.6 is 0 Å². The molecular weight excluding hydrogens is 381 g/mol. The first-order chi connectivity index (χ1) is 14.7. The number of nitrogens with zero attached hydrogens (tertiary/aromatic N) is 2. The van der Waals surface area contributed by atoms with E-state index < -0.39 is 0 Å². The number of aromatic nitrogens is 2. The summed E-state index contributed by atoms with van der Waals surface area (Å²) in [6.45, 7) is 0. The van der Waals surface area contributed by atoms with Crippen LogP contribution in [0.5, 0.6) is 11.6 Å². The van der Waals surface area contributed by atoms with Crippen LogP contribution in [-0.4, -0.2) is 21.9 Å². The van der Waals surface area contributed by atoms with Gasteiger partial charge in [-0.1, -0.05) is 25.7 Å². The Morgan fingerprint density at radius 1 is 0.933 bits per heavy atom. The van der Waals surface area contributed by atoms with E-state index in [1.807, 2.05) is 0 Å². The fraction of sp³-hybridized carbons (Fsp3) is 0.292. The molecule has 1 heterocycles. The molecule has 6 heteroatoms. The number of halogens is 1. The molecule has 154 valence electrons. The number of hydrogen-bond donors (Lipinski definition) is 1. The summed E-state index contributed by atoms with van der Waals surface area (Å²) in [5, 5.41) is 3.15. The topological polar surface area (TPSA) is 64.1 Å². The van der Waals surface area contributed by atoms with Gasteiger partial charge in [-0.05, 0) is 61.4 Å². The Hall–Kier alpha value is -3.28. The largest absolute Gasteiger partial charge is 0.439 e. The summed E-state index contributed by atoms with van der Waals surface area (Å²) in [4.78, 5) is 21.1. The van der Waals surface area contributed by atoms with E-state index in [2.05, 4.69) is 15.3 Å². The molecule has 3 aromatic rings. The molecule has 1 aromatic heterocycles. The minimum absolute atomic E-state index is 0.0471. The van der Waals surface area contributed by atoms with E-state index in [9.17, 15) is 9.18 Å². The van der Waals surface area contributed by atoms with E-state index in [0.717, 1.165) is 12.8 Å². The fourth-order valence-electron chi connectivity index (χ4n) is 3.62. The van der Waals surface area contributed by atoms with Gasteiger partial charge < -0.3 is 10.1 Å². The molecule has 1 N–H and O–H groups in total. The molecule has 0 atom stereocenters. The fourth-order valence-corrected chi connectivity index (χ4v) is 3.62. The SMILES string of the molecule is O=C(NC1CCCCCC1)c1ccc(Oc2ccnc(-c3ccc(F)cc3)n2)cc1. The Bertz CT molecular complexity index is 982. The molecule has 4 rings (SSSR count). The van der Waals surface area contributed by atoms with Gasteiger partial charge in [0.15, 0.2) is 5.82 Å². The normalized spacial score (nSPS) is 14.7. The third kappa shape index (κ3) is 5.20. The van der Waals surface area contributed by atoms with E-state index >= 15 is 0 Å². The van der Waals surface area contributed by atoms with Crippen LogP contribution in [0.3, 0.4) is 0 Å². The highest BCUT2D eigenvalue weighted by Crippen LogP contribution is 2.23. The summed E-state index contributed by atoms with van der Waals surface area (Å²) in [6, 6.07) is 14.9. The van der Waals surface area contributed by atoms with E-state index in [0.29, 0.717) is 28.6 Å². The highest BCUT2D eigenvalue weighted by Gasteiger charge is 2.16. The second-order valence-electron chi connectivity index (χ2n) is 7.51. The number of carbonyl (C=O) groups is 1. The molecule has 1 aliphatic rings. The molecule has 0 saturated heterocycles. The van der Waals surface area contributed by atoms with Crippen molar-refractivity contribution in [1.29, 1.82) is 0 Å². The summed E-state index contributed by atoms with van der Waals surface area (Å²) in [5.74, 6) is 1.04. The highest BCUT2D eigenvalue weighted by molar-refractivity contribution is 5.94. The second kappa shape index (κ2) is 9.48. The molecule has 0 radical (unpaired) electrons. The first kappa shape index (κ1) is 20.0. The van der Waals surface area contributed by atoms with E-state index in [-0.39, 0.29) is 17.8 Å². The van der Waals surface area contributed by atoms with Crippen molar-refractivity contribution in [3.8, 4) is 23.0 Å². The zero-order valence-corrected chi connectivity index (χ0v) is 16.7. The van der Waals surface area contributed by atoms with Crippen molar-refractivity contribution >= 4 is 5.91 Å². The van der Waals surface area contributed by atoms with Crippen LogP contribution in [0.2, 0.25) is 0 Å². The van der Waals surface area contributed by atoms with Crippen molar-refractivity contribution in [2.45, 2.75) is 44.6 Å². The number of hydrogen-bond acceptors (Lipinski definition) is 4. The predicted octanol–water partition coefficient (Wildman–Crippen LogP) is 5.53. The molecule has 0 spiro atoms. The van der Waals surface area contributed by atoms with Gasteiger partial charge in [0.05, 0.1) is 0 Å². The Labute approximate surface area is 175 Å². The maximum absolute atomic E-state index is 13.1. The van der Waals surface area contributed by atoms with E-state index in [1.54, 1.807) is 48.7 Å². The minimum Gasteiger partial charge on any atom is -0.439 e. The number of rotatable bonds is 5. The van der Waals surface area contributed by atoms with Crippen LogP contribution < -0.4 is 10.1 Å². The molecular formula is C24H24FN3O2. The molecule has 1 amide bonds. The summed E-state index contributed by atoms with van der Waals surface area (Å²) >= 11 is 0. The molecule has 30 heavy (non-hydrogen) atoms. The van der Waals surface area contributed by atoms with E-state index in [4.69, 9.17) is 4.74 Å². The van der Waals surface area contributed by atoms with Crippen molar-refractivity contribution in [1.82, 2.24) is 15.3 Å². The first-order valence-corrected chi connectivity index (χ1v) is 10.4. The average molecular weight is 405 g/mol. The van der Waals surface area contributed by atoms with Crippen LogP contribution in [0.15, 0.2) is 60.8 Å². The van der Waals surface area contributed by atoms with Crippen LogP contribution in [0.1, 0.15) is 48.9 Å². The molecule has 5 nitrogen and oxygen atoms in total. The monoisotopic (exact) mass is 405 g/mol. The standard InChI is InChI=1S/C24H24FN3O2/c25-19-11-7-17(8-12-19)23-26-16-15-22(28-23)30-21-13-9-18(10-14-21)24(29)27-20-5-3-1-2-4-6-20/h7-16,20H,1-6H2,(H,27,29). The number of benzene rings is 2. The van der Waals surface area contributed by atoms with E-state index in [1.165, 1.54) is 37.8 Å². The molecule has 0 bridgehead atoms. The number of amides is 1. The van der Waals surface area contributed by atoms with Gasteiger partial charge in [-0.3, -0.25) is 4.79 Å². The average Bonchev–Trinajstić information content (AvgIpc) is 3.04. The summed E-state index contributed by atoms with van der Waals surface area (Å²) < 4.78 is 18.9. The van der Waals surface area contributed by atoms with Gasteiger partial charge in [-0.25, -0.2) is 9.37 Å². The van der Waals surface area contributed by atoms with Crippen LogP contribution in [-0.2, 0) is 0 Å².